The summed E-state index contributed by atoms with van der Waals surface area (Å²) in [6, 6.07) is 3.72. The van der Waals surface area contributed by atoms with Crippen molar-refractivity contribution in [2.45, 2.75) is 38.5 Å². The molecule has 0 aromatic carbocycles. The number of likely N-dealkylation sites (tertiary alicyclic amines) is 1. The van der Waals surface area contributed by atoms with Crippen molar-refractivity contribution < 1.29 is 4.79 Å². The summed E-state index contributed by atoms with van der Waals surface area (Å²) >= 11 is 1.91. The lowest BCUT2D eigenvalue weighted by molar-refractivity contribution is 0.0711. The van der Waals surface area contributed by atoms with Gasteiger partial charge in [0.1, 0.15) is 0 Å². The lowest BCUT2D eigenvalue weighted by Crippen LogP contribution is -2.38. The number of nitrogens with zero attached hydrogens (tertiary/aromatic N) is 4. The summed E-state index contributed by atoms with van der Waals surface area (Å²) in [5.41, 5.74) is 4.21. The first-order valence-corrected chi connectivity index (χ1v) is 11.3. The minimum Gasteiger partial charge on any atom is -0.371 e. The Bertz CT molecular complexity index is 959. The number of thiazole rings is 1. The number of pyridine rings is 1. The molecule has 0 unspecified atom stereocenters. The maximum Gasteiger partial charge on any atom is 0.255 e. The summed E-state index contributed by atoms with van der Waals surface area (Å²) in [6.07, 6.45) is 12.4. The third kappa shape index (κ3) is 3.62. The minimum absolute atomic E-state index is 0.114. The number of amides is 1. The first-order chi connectivity index (χ1) is 14.2. The maximum atomic E-state index is 12.8. The van der Waals surface area contributed by atoms with Crippen molar-refractivity contribution in [2.75, 3.05) is 26.2 Å². The third-order valence-corrected chi connectivity index (χ3v) is 7.61. The Balaban J connectivity index is 1.21. The fourth-order valence-corrected chi connectivity index (χ4v) is 5.69. The number of hydrogen-bond acceptors (Lipinski definition) is 5. The predicted octanol–water partition coefficient (Wildman–Crippen LogP) is 3.72. The van der Waals surface area contributed by atoms with Gasteiger partial charge in [-0.05, 0) is 44.1 Å². The Hall–Kier alpha value is -2.47. The molecule has 150 valence electrons. The molecule has 6 heteroatoms. The smallest absolute Gasteiger partial charge is 0.255 e. The van der Waals surface area contributed by atoms with E-state index in [1.807, 2.05) is 35.3 Å². The summed E-state index contributed by atoms with van der Waals surface area (Å²) in [5, 5.41) is 1.29. The molecule has 0 bridgehead atoms. The van der Waals surface area contributed by atoms with E-state index < -0.39 is 0 Å². The van der Waals surface area contributed by atoms with E-state index in [-0.39, 0.29) is 5.91 Å². The van der Waals surface area contributed by atoms with Gasteiger partial charge in [0.15, 0.2) is 0 Å². The average Bonchev–Trinajstić information content (AvgIpc) is 3.02. The zero-order valence-electron chi connectivity index (χ0n) is 16.8. The van der Waals surface area contributed by atoms with Gasteiger partial charge >= 0.3 is 0 Å². The van der Waals surface area contributed by atoms with Crippen molar-refractivity contribution >= 4 is 17.2 Å². The molecule has 2 aromatic heterocycles. The van der Waals surface area contributed by atoms with Gasteiger partial charge in [0.25, 0.3) is 5.91 Å². The summed E-state index contributed by atoms with van der Waals surface area (Å²) < 4.78 is 0. The fourth-order valence-electron chi connectivity index (χ4n) is 4.42. The zero-order chi connectivity index (χ0) is 19.8. The molecule has 1 fully saturated rings. The van der Waals surface area contributed by atoms with Gasteiger partial charge in [-0.3, -0.25) is 9.78 Å². The van der Waals surface area contributed by atoms with Crippen LogP contribution in [0.4, 0.5) is 0 Å². The number of fused-ring (bicyclic) bond motifs is 1. The summed E-state index contributed by atoms with van der Waals surface area (Å²) in [6.45, 7) is 5.65. The van der Waals surface area contributed by atoms with Gasteiger partial charge in [-0.1, -0.05) is 6.08 Å². The molecule has 0 radical (unpaired) electrons. The van der Waals surface area contributed by atoms with Crippen LogP contribution in [0, 0.1) is 6.92 Å². The number of rotatable bonds is 3. The third-order valence-electron chi connectivity index (χ3n) is 6.29. The second-order valence-corrected chi connectivity index (χ2v) is 9.18. The van der Waals surface area contributed by atoms with Crippen LogP contribution in [0.2, 0.25) is 0 Å². The van der Waals surface area contributed by atoms with E-state index in [0.717, 1.165) is 63.1 Å². The quantitative estimate of drug-likeness (QED) is 0.780. The molecule has 3 aliphatic rings. The van der Waals surface area contributed by atoms with E-state index in [1.165, 1.54) is 21.3 Å². The van der Waals surface area contributed by atoms with E-state index in [4.69, 9.17) is 4.98 Å². The van der Waals surface area contributed by atoms with Crippen LogP contribution >= 0.6 is 11.3 Å². The van der Waals surface area contributed by atoms with Gasteiger partial charge in [-0.2, -0.15) is 0 Å². The molecule has 29 heavy (non-hydrogen) atoms. The molecule has 2 aromatic rings. The number of allylic oxidation sites excluding steroid dienone is 3. The Kier molecular flexibility index (Phi) is 4.96. The predicted molar refractivity (Wildman–Crippen MR) is 115 cm³/mol. The standard InChI is InChI=1S/C23H26N4OS/c1-16-19(6-3-11-24-16)23(28)27-12-7-17(8-13-27)22-25-20-9-14-26(18-4-2-5-18)15-10-21(20)29-22/h2-6,11,17H,7-10,12-15H2,1H3. The number of carbonyl (C=O) groups is 1. The van der Waals surface area contributed by atoms with Gasteiger partial charge in [0.05, 0.1) is 16.3 Å². The number of piperidine rings is 1. The summed E-state index contributed by atoms with van der Waals surface area (Å²) in [5.74, 6) is 0.600. The van der Waals surface area contributed by atoms with Gasteiger partial charge < -0.3 is 9.80 Å². The Morgan fingerprint density at radius 2 is 1.97 bits per heavy atom. The monoisotopic (exact) mass is 406 g/mol. The molecule has 2 aliphatic heterocycles. The van der Waals surface area contributed by atoms with E-state index in [2.05, 4.69) is 28.1 Å². The normalized spacial score (nSPS) is 19.4. The van der Waals surface area contributed by atoms with Crippen molar-refractivity contribution in [1.29, 1.82) is 0 Å². The van der Waals surface area contributed by atoms with Gasteiger partial charge in [-0.25, -0.2) is 4.98 Å². The van der Waals surface area contributed by atoms with E-state index in [1.54, 1.807) is 6.20 Å². The minimum atomic E-state index is 0.114. The molecule has 1 amide bonds. The lowest BCUT2D eigenvalue weighted by atomic mass is 9.97. The number of carbonyl (C=O) groups excluding carboxylic acids is 1. The highest BCUT2D eigenvalue weighted by atomic mass is 32.1. The van der Waals surface area contributed by atoms with Crippen LogP contribution in [0.5, 0.6) is 0 Å². The SMILES string of the molecule is Cc1ncccc1C(=O)N1CCC(c2nc3c(s2)CCN(C2=CC=C2)CC3)CC1. The van der Waals surface area contributed by atoms with Crippen molar-refractivity contribution in [3.05, 3.63) is 69.1 Å². The van der Waals surface area contributed by atoms with Crippen molar-refractivity contribution in [1.82, 2.24) is 19.8 Å². The molecular formula is C23H26N4OS. The van der Waals surface area contributed by atoms with Crippen LogP contribution in [0.3, 0.4) is 0 Å². The first kappa shape index (κ1) is 18.6. The second kappa shape index (κ2) is 7.75. The zero-order valence-corrected chi connectivity index (χ0v) is 17.6. The summed E-state index contributed by atoms with van der Waals surface area (Å²) in [4.78, 5) is 28.1. The Morgan fingerprint density at radius 1 is 1.17 bits per heavy atom. The highest BCUT2D eigenvalue weighted by Crippen LogP contribution is 2.35. The first-order valence-electron chi connectivity index (χ1n) is 10.5. The molecule has 0 spiro atoms. The molecule has 0 N–H and O–H groups in total. The van der Waals surface area contributed by atoms with Crippen LogP contribution in [-0.2, 0) is 12.8 Å². The van der Waals surface area contributed by atoms with Crippen molar-refractivity contribution in [3.63, 3.8) is 0 Å². The number of hydrogen-bond donors (Lipinski definition) is 0. The number of aromatic nitrogens is 2. The van der Waals surface area contributed by atoms with E-state index in [9.17, 15) is 4.79 Å². The molecule has 5 nitrogen and oxygen atoms in total. The van der Waals surface area contributed by atoms with Gasteiger partial charge in [0, 0.05) is 67.4 Å². The van der Waals surface area contributed by atoms with Crippen molar-refractivity contribution in [3.8, 4) is 0 Å². The average molecular weight is 407 g/mol. The lowest BCUT2D eigenvalue weighted by Gasteiger charge is -2.31. The highest BCUT2D eigenvalue weighted by molar-refractivity contribution is 7.11. The molecule has 4 heterocycles. The van der Waals surface area contributed by atoms with E-state index >= 15 is 0 Å². The van der Waals surface area contributed by atoms with Gasteiger partial charge in [-0.15, -0.1) is 11.3 Å². The van der Waals surface area contributed by atoms with Crippen LogP contribution in [0.1, 0.15) is 50.4 Å². The molecule has 0 saturated carbocycles. The van der Waals surface area contributed by atoms with E-state index in [0.29, 0.717) is 5.92 Å². The molecule has 1 aliphatic carbocycles. The van der Waals surface area contributed by atoms with Crippen molar-refractivity contribution in [2.24, 2.45) is 0 Å². The highest BCUT2D eigenvalue weighted by Gasteiger charge is 2.29. The number of aryl methyl sites for hydroxylation is 1. The van der Waals surface area contributed by atoms with Crippen LogP contribution < -0.4 is 0 Å². The summed E-state index contributed by atoms with van der Waals surface area (Å²) in [7, 11) is 0. The van der Waals surface area contributed by atoms with Gasteiger partial charge in [0.2, 0.25) is 0 Å². The molecule has 0 atom stereocenters. The Labute approximate surface area is 175 Å². The second-order valence-electron chi connectivity index (χ2n) is 8.06. The fraction of sp³-hybridized carbons (Fsp3) is 0.435. The van der Waals surface area contributed by atoms with Crippen LogP contribution in [0.15, 0.2) is 42.3 Å². The Morgan fingerprint density at radius 3 is 2.69 bits per heavy atom. The molecular weight excluding hydrogens is 380 g/mol. The molecule has 5 rings (SSSR count). The van der Waals surface area contributed by atoms with Crippen LogP contribution in [-0.4, -0.2) is 51.9 Å². The van der Waals surface area contributed by atoms with Crippen LogP contribution in [0.25, 0.3) is 0 Å². The largest absolute Gasteiger partial charge is 0.371 e. The maximum absolute atomic E-state index is 12.8. The topological polar surface area (TPSA) is 49.3 Å². The molecule has 1 saturated heterocycles.